The van der Waals surface area contributed by atoms with Gasteiger partial charge in [-0.05, 0) is 37.5 Å². The number of allylic oxidation sites excluding steroid dienone is 1. The van der Waals surface area contributed by atoms with Gasteiger partial charge in [0, 0.05) is 6.42 Å². The second-order valence-electron chi connectivity index (χ2n) is 13.3. The molecule has 0 bridgehead atoms. The Labute approximate surface area is 283 Å². The fraction of sp³-hybridized carbons (Fsp3) is 0.756. The number of aliphatic hydroxyl groups is 1. The van der Waals surface area contributed by atoms with Crippen LogP contribution in [0.5, 0.6) is 0 Å². The summed E-state index contributed by atoms with van der Waals surface area (Å²) in [6, 6.07) is 8.22. The molecule has 0 fully saturated rings. The number of nitrogens with one attached hydrogen (secondary N) is 1. The minimum Gasteiger partial charge on any atom is -0.452 e. The van der Waals surface area contributed by atoms with Crippen LogP contribution in [-0.2, 0) is 9.53 Å². The third-order valence-corrected chi connectivity index (χ3v) is 9.00. The van der Waals surface area contributed by atoms with Crippen molar-refractivity contribution in [1.29, 1.82) is 0 Å². The molecule has 0 heterocycles. The maximum absolute atomic E-state index is 12.9. The molecule has 0 aliphatic rings. The number of hydrogen-bond acceptors (Lipinski definition) is 4. The molecule has 0 saturated carbocycles. The van der Waals surface area contributed by atoms with Crippen molar-refractivity contribution in [1.82, 2.24) is 5.32 Å². The molecular weight excluding hydrogens is 570 g/mol. The Balaban J connectivity index is 2.37. The second kappa shape index (κ2) is 31.5. The van der Waals surface area contributed by atoms with Gasteiger partial charge in [-0.3, -0.25) is 4.79 Å². The molecule has 0 aliphatic carbocycles. The Morgan fingerprint density at radius 3 is 1.54 bits per heavy atom. The third-order valence-electron chi connectivity index (χ3n) is 9.00. The largest absolute Gasteiger partial charge is 0.452 e. The SMILES string of the molecule is CCCCCCCCCCCCCC=CC(OC(=O)c1ccccc1)[C@H](CO)NC(=O)CCCCCCCCCCCCCCC. The highest BCUT2D eigenvalue weighted by Gasteiger charge is 2.24. The standard InChI is InChI=1S/C41H71NO4/c1-3-5-7-9-11-13-15-17-19-21-23-25-30-34-39(46-41(45)37-32-28-27-29-33-37)38(36-43)42-40(44)35-31-26-24-22-20-18-16-14-12-10-8-6-4-2/h27-30,32-34,38-39,43H,3-26,31,35-36H2,1-2H3,(H,42,44)/t38-,39?/m0/s1. The average molecular weight is 642 g/mol. The molecule has 46 heavy (non-hydrogen) atoms. The van der Waals surface area contributed by atoms with Crippen molar-refractivity contribution in [3.63, 3.8) is 0 Å². The van der Waals surface area contributed by atoms with Gasteiger partial charge >= 0.3 is 5.97 Å². The quantitative estimate of drug-likeness (QED) is 0.0466. The highest BCUT2D eigenvalue weighted by Crippen LogP contribution is 2.15. The monoisotopic (exact) mass is 642 g/mol. The molecule has 0 aromatic heterocycles. The van der Waals surface area contributed by atoms with E-state index in [-0.39, 0.29) is 12.5 Å². The van der Waals surface area contributed by atoms with E-state index in [0.717, 1.165) is 32.1 Å². The van der Waals surface area contributed by atoms with Gasteiger partial charge in [-0.15, -0.1) is 0 Å². The van der Waals surface area contributed by atoms with Crippen LogP contribution in [0.25, 0.3) is 0 Å². The predicted octanol–water partition coefficient (Wildman–Crippen LogP) is 11.4. The lowest BCUT2D eigenvalue weighted by atomic mass is 10.0. The van der Waals surface area contributed by atoms with Crippen LogP contribution in [0.1, 0.15) is 191 Å². The van der Waals surface area contributed by atoms with E-state index in [1.807, 2.05) is 18.2 Å². The molecule has 0 radical (unpaired) electrons. The molecular formula is C41H71NO4. The van der Waals surface area contributed by atoms with E-state index in [4.69, 9.17) is 4.74 Å². The van der Waals surface area contributed by atoms with Gasteiger partial charge in [0.2, 0.25) is 5.91 Å². The van der Waals surface area contributed by atoms with Crippen LogP contribution in [0.3, 0.4) is 0 Å². The van der Waals surface area contributed by atoms with Gasteiger partial charge in [0.25, 0.3) is 0 Å². The van der Waals surface area contributed by atoms with E-state index in [1.165, 1.54) is 128 Å². The van der Waals surface area contributed by atoms with Gasteiger partial charge in [-0.25, -0.2) is 4.79 Å². The fourth-order valence-electron chi connectivity index (χ4n) is 5.99. The van der Waals surface area contributed by atoms with Crippen LogP contribution >= 0.6 is 0 Å². The van der Waals surface area contributed by atoms with E-state index in [1.54, 1.807) is 24.3 Å². The van der Waals surface area contributed by atoms with Crippen molar-refractivity contribution < 1.29 is 19.4 Å². The summed E-state index contributed by atoms with van der Waals surface area (Å²) >= 11 is 0. The summed E-state index contributed by atoms with van der Waals surface area (Å²) in [7, 11) is 0. The molecule has 2 N–H and O–H groups in total. The number of hydrogen-bond donors (Lipinski definition) is 2. The van der Waals surface area contributed by atoms with Crippen LogP contribution in [0, 0.1) is 0 Å². The molecule has 1 aromatic rings. The first-order valence-electron chi connectivity index (χ1n) is 19.4. The van der Waals surface area contributed by atoms with Crippen molar-refractivity contribution in [2.24, 2.45) is 0 Å². The summed E-state index contributed by atoms with van der Waals surface area (Å²) in [6.45, 7) is 4.23. The van der Waals surface area contributed by atoms with E-state index >= 15 is 0 Å². The van der Waals surface area contributed by atoms with Crippen LogP contribution < -0.4 is 5.32 Å². The number of carbonyl (C=O) groups excluding carboxylic acids is 2. The molecule has 1 rings (SSSR count). The normalized spacial score (nSPS) is 12.8. The summed E-state index contributed by atoms with van der Waals surface area (Å²) in [4.78, 5) is 25.6. The highest BCUT2D eigenvalue weighted by atomic mass is 16.5. The smallest absolute Gasteiger partial charge is 0.338 e. The molecule has 1 unspecified atom stereocenters. The fourth-order valence-corrected chi connectivity index (χ4v) is 5.99. The van der Waals surface area contributed by atoms with Gasteiger partial charge in [0.05, 0.1) is 18.2 Å². The molecule has 5 heteroatoms. The van der Waals surface area contributed by atoms with Crippen molar-refractivity contribution in [3.8, 4) is 0 Å². The first-order valence-corrected chi connectivity index (χ1v) is 19.4. The zero-order valence-corrected chi connectivity index (χ0v) is 30.0. The number of unbranched alkanes of at least 4 members (excludes halogenated alkanes) is 23. The summed E-state index contributed by atoms with van der Waals surface area (Å²) in [5.41, 5.74) is 0.459. The third kappa shape index (κ3) is 24.1. The number of ether oxygens (including phenoxy) is 1. The van der Waals surface area contributed by atoms with E-state index in [9.17, 15) is 14.7 Å². The lowest BCUT2D eigenvalue weighted by Crippen LogP contribution is -2.46. The second-order valence-corrected chi connectivity index (χ2v) is 13.3. The molecule has 0 saturated heterocycles. The molecule has 0 aliphatic heterocycles. The zero-order chi connectivity index (χ0) is 33.3. The highest BCUT2D eigenvalue weighted by molar-refractivity contribution is 5.89. The Morgan fingerprint density at radius 2 is 1.09 bits per heavy atom. The number of esters is 1. The average Bonchev–Trinajstić information content (AvgIpc) is 3.07. The number of amides is 1. The molecule has 5 nitrogen and oxygen atoms in total. The van der Waals surface area contributed by atoms with Crippen LogP contribution in [0.4, 0.5) is 0 Å². The Bertz CT molecular complexity index is 855. The van der Waals surface area contributed by atoms with Crippen LogP contribution in [0.2, 0.25) is 0 Å². The lowest BCUT2D eigenvalue weighted by molar-refractivity contribution is -0.123. The van der Waals surface area contributed by atoms with Crippen molar-refractivity contribution in [2.75, 3.05) is 6.61 Å². The first kappa shape index (κ1) is 41.9. The van der Waals surface area contributed by atoms with Crippen LogP contribution in [0.15, 0.2) is 42.5 Å². The van der Waals surface area contributed by atoms with Gasteiger partial charge in [0.15, 0.2) is 0 Å². The molecule has 264 valence electrons. The number of aliphatic hydroxyl groups excluding tert-OH is 1. The molecule has 0 spiro atoms. The first-order chi connectivity index (χ1) is 22.6. The summed E-state index contributed by atoms with van der Waals surface area (Å²) in [6.07, 6.45) is 35.2. The lowest BCUT2D eigenvalue weighted by Gasteiger charge is -2.24. The number of benzene rings is 1. The van der Waals surface area contributed by atoms with Crippen molar-refractivity contribution in [3.05, 3.63) is 48.0 Å². The predicted molar refractivity (Wildman–Crippen MR) is 195 cm³/mol. The van der Waals surface area contributed by atoms with E-state index < -0.39 is 18.1 Å². The topological polar surface area (TPSA) is 75.6 Å². The summed E-state index contributed by atoms with van der Waals surface area (Å²) < 4.78 is 5.82. The minimum absolute atomic E-state index is 0.0957. The van der Waals surface area contributed by atoms with Gasteiger partial charge < -0.3 is 15.2 Å². The number of rotatable bonds is 32. The minimum atomic E-state index is -0.721. The van der Waals surface area contributed by atoms with Gasteiger partial charge in [-0.2, -0.15) is 0 Å². The summed E-state index contributed by atoms with van der Waals surface area (Å²) in [5.74, 6) is -0.546. The molecule has 1 aromatic carbocycles. The summed E-state index contributed by atoms with van der Waals surface area (Å²) in [5, 5.41) is 13.1. The van der Waals surface area contributed by atoms with Gasteiger partial charge in [-0.1, -0.05) is 179 Å². The van der Waals surface area contributed by atoms with Crippen LogP contribution in [-0.4, -0.2) is 35.7 Å². The zero-order valence-electron chi connectivity index (χ0n) is 30.0. The molecule has 2 atom stereocenters. The Kier molecular flexibility index (Phi) is 28.6. The number of carbonyl (C=O) groups is 2. The Morgan fingerprint density at radius 1 is 0.652 bits per heavy atom. The van der Waals surface area contributed by atoms with Gasteiger partial charge in [0.1, 0.15) is 6.10 Å². The van der Waals surface area contributed by atoms with Crippen molar-refractivity contribution in [2.45, 2.75) is 193 Å². The Hall–Kier alpha value is -2.14. The van der Waals surface area contributed by atoms with Crippen molar-refractivity contribution >= 4 is 11.9 Å². The van der Waals surface area contributed by atoms with E-state index in [2.05, 4.69) is 19.2 Å². The van der Waals surface area contributed by atoms with E-state index in [0.29, 0.717) is 12.0 Å². The maximum Gasteiger partial charge on any atom is 0.338 e. The maximum atomic E-state index is 12.9. The molecule has 1 amide bonds.